The van der Waals surface area contributed by atoms with Gasteiger partial charge in [0.05, 0.1) is 24.3 Å². The number of benzene rings is 1. The summed E-state index contributed by atoms with van der Waals surface area (Å²) in [6, 6.07) is 5.05. The fourth-order valence-corrected chi connectivity index (χ4v) is 2.87. The molecule has 2 atom stereocenters. The molecule has 1 aromatic carbocycles. The van der Waals surface area contributed by atoms with Crippen LogP contribution in [-0.4, -0.2) is 18.3 Å². The van der Waals surface area contributed by atoms with Crippen LogP contribution in [-0.2, 0) is 0 Å². The van der Waals surface area contributed by atoms with E-state index >= 15 is 0 Å². The first-order chi connectivity index (χ1) is 8.63. The van der Waals surface area contributed by atoms with Crippen LogP contribution >= 0.6 is 11.6 Å². The number of halogens is 1. The average molecular weight is 270 g/mol. The van der Waals surface area contributed by atoms with Gasteiger partial charge in [0.15, 0.2) is 0 Å². The monoisotopic (exact) mass is 269 g/mol. The Morgan fingerprint density at radius 1 is 1.39 bits per heavy atom. The highest BCUT2D eigenvalue weighted by molar-refractivity contribution is 6.32. The number of ether oxygens (including phenoxy) is 1. The molecule has 1 aliphatic rings. The number of aliphatic hydroxyl groups is 1. The van der Waals surface area contributed by atoms with Crippen molar-refractivity contribution in [2.24, 2.45) is 11.7 Å². The van der Waals surface area contributed by atoms with Gasteiger partial charge < -0.3 is 15.6 Å². The van der Waals surface area contributed by atoms with E-state index in [-0.39, 0.29) is 6.04 Å². The molecule has 4 heteroatoms. The lowest BCUT2D eigenvalue weighted by atomic mass is 9.91. The van der Waals surface area contributed by atoms with Crippen LogP contribution in [0.5, 0.6) is 5.75 Å². The van der Waals surface area contributed by atoms with Crippen LogP contribution in [0.4, 0.5) is 0 Å². The maximum absolute atomic E-state index is 10.3. The predicted octanol–water partition coefficient (Wildman–Crippen LogP) is 2.90. The molecule has 0 aromatic heterocycles. The van der Waals surface area contributed by atoms with Crippen LogP contribution in [0.15, 0.2) is 18.2 Å². The normalized spacial score (nSPS) is 19.8. The van der Waals surface area contributed by atoms with Crippen LogP contribution in [0.25, 0.3) is 0 Å². The SMILES string of the molecule is COc1cc([C@@H](N)[C@@H](O)C2CCCC2)ccc1Cl. The maximum atomic E-state index is 10.3. The van der Waals surface area contributed by atoms with Crippen molar-refractivity contribution in [2.45, 2.75) is 37.8 Å². The smallest absolute Gasteiger partial charge is 0.137 e. The summed E-state index contributed by atoms with van der Waals surface area (Å²) >= 11 is 5.98. The zero-order chi connectivity index (χ0) is 13.1. The lowest BCUT2D eigenvalue weighted by Crippen LogP contribution is -2.31. The molecular weight excluding hydrogens is 250 g/mol. The van der Waals surface area contributed by atoms with Crippen LogP contribution in [0.3, 0.4) is 0 Å². The van der Waals surface area contributed by atoms with Gasteiger partial charge in [-0.1, -0.05) is 30.5 Å². The molecule has 0 aliphatic heterocycles. The topological polar surface area (TPSA) is 55.5 Å². The molecule has 0 spiro atoms. The summed E-state index contributed by atoms with van der Waals surface area (Å²) in [5.41, 5.74) is 7.01. The lowest BCUT2D eigenvalue weighted by molar-refractivity contribution is 0.0844. The van der Waals surface area contributed by atoms with Crippen LogP contribution in [0, 0.1) is 5.92 Å². The molecule has 0 unspecified atom stereocenters. The fourth-order valence-electron chi connectivity index (χ4n) is 2.67. The molecule has 1 aliphatic carbocycles. The zero-order valence-corrected chi connectivity index (χ0v) is 11.4. The Kier molecular flexibility index (Phi) is 4.49. The van der Waals surface area contributed by atoms with E-state index in [1.807, 2.05) is 12.1 Å². The largest absolute Gasteiger partial charge is 0.495 e. The molecular formula is C14H20ClNO2. The Morgan fingerprint density at radius 2 is 2.06 bits per heavy atom. The minimum absolute atomic E-state index is 0.321. The second-order valence-corrected chi connectivity index (χ2v) is 5.36. The highest BCUT2D eigenvalue weighted by atomic mass is 35.5. The molecule has 0 amide bonds. The highest BCUT2D eigenvalue weighted by Crippen LogP contribution is 2.34. The number of rotatable bonds is 4. The molecule has 0 radical (unpaired) electrons. The van der Waals surface area contributed by atoms with Gasteiger partial charge in [-0.25, -0.2) is 0 Å². The maximum Gasteiger partial charge on any atom is 0.137 e. The number of hydrogen-bond donors (Lipinski definition) is 2. The number of aliphatic hydroxyl groups excluding tert-OH is 1. The van der Waals surface area contributed by atoms with E-state index in [4.69, 9.17) is 22.1 Å². The summed E-state index contributed by atoms with van der Waals surface area (Å²) in [6.07, 6.45) is 4.04. The summed E-state index contributed by atoms with van der Waals surface area (Å²) in [5, 5.41) is 10.9. The van der Waals surface area contributed by atoms with Crippen molar-refractivity contribution in [2.75, 3.05) is 7.11 Å². The third kappa shape index (κ3) is 2.79. The van der Waals surface area contributed by atoms with E-state index in [1.54, 1.807) is 13.2 Å². The molecule has 0 saturated heterocycles. The first kappa shape index (κ1) is 13.7. The van der Waals surface area contributed by atoms with Gasteiger partial charge in [-0.2, -0.15) is 0 Å². The molecule has 1 aromatic rings. The Bertz CT molecular complexity index is 405. The van der Waals surface area contributed by atoms with Gasteiger partial charge in [0.1, 0.15) is 5.75 Å². The quantitative estimate of drug-likeness (QED) is 0.884. The standard InChI is InChI=1S/C14H20ClNO2/c1-18-12-8-10(6-7-11(12)15)13(16)14(17)9-4-2-3-5-9/h6-9,13-14,17H,2-5,16H2,1H3/t13-,14+/m1/s1. The fraction of sp³-hybridized carbons (Fsp3) is 0.571. The minimum Gasteiger partial charge on any atom is -0.495 e. The molecule has 2 rings (SSSR count). The summed E-state index contributed by atoms with van der Waals surface area (Å²) in [7, 11) is 1.57. The van der Waals surface area contributed by atoms with E-state index in [0.717, 1.165) is 18.4 Å². The van der Waals surface area contributed by atoms with E-state index < -0.39 is 6.10 Å². The first-order valence-corrected chi connectivity index (χ1v) is 6.78. The summed E-state index contributed by atoms with van der Waals surface area (Å²) < 4.78 is 5.17. The van der Waals surface area contributed by atoms with Crippen molar-refractivity contribution in [3.63, 3.8) is 0 Å². The number of hydrogen-bond acceptors (Lipinski definition) is 3. The minimum atomic E-state index is -0.488. The second kappa shape index (κ2) is 5.91. The second-order valence-electron chi connectivity index (χ2n) is 4.95. The third-order valence-electron chi connectivity index (χ3n) is 3.81. The third-order valence-corrected chi connectivity index (χ3v) is 4.12. The van der Waals surface area contributed by atoms with E-state index in [1.165, 1.54) is 12.8 Å². The number of methoxy groups -OCH3 is 1. The zero-order valence-electron chi connectivity index (χ0n) is 10.6. The molecule has 1 saturated carbocycles. The molecule has 100 valence electrons. The molecule has 0 bridgehead atoms. The van der Waals surface area contributed by atoms with Crippen LogP contribution in [0.2, 0.25) is 5.02 Å². The van der Waals surface area contributed by atoms with E-state index in [2.05, 4.69) is 0 Å². The van der Waals surface area contributed by atoms with Gasteiger partial charge >= 0.3 is 0 Å². The Balaban J connectivity index is 2.14. The molecule has 3 N–H and O–H groups in total. The van der Waals surface area contributed by atoms with Gasteiger partial charge in [0.2, 0.25) is 0 Å². The van der Waals surface area contributed by atoms with Crippen molar-refractivity contribution in [3.8, 4) is 5.75 Å². The first-order valence-electron chi connectivity index (χ1n) is 6.40. The van der Waals surface area contributed by atoms with Gasteiger partial charge in [-0.05, 0) is 36.5 Å². The Labute approximate surface area is 113 Å². The Morgan fingerprint density at radius 3 is 2.67 bits per heavy atom. The Hall–Kier alpha value is -0.770. The van der Waals surface area contributed by atoms with Crippen LogP contribution < -0.4 is 10.5 Å². The summed E-state index contributed by atoms with van der Waals surface area (Å²) in [4.78, 5) is 0. The number of nitrogens with two attached hydrogens (primary N) is 1. The predicted molar refractivity (Wildman–Crippen MR) is 72.9 cm³/mol. The van der Waals surface area contributed by atoms with Crippen molar-refractivity contribution < 1.29 is 9.84 Å². The lowest BCUT2D eigenvalue weighted by Gasteiger charge is -2.25. The molecule has 18 heavy (non-hydrogen) atoms. The van der Waals surface area contributed by atoms with Crippen LogP contribution in [0.1, 0.15) is 37.3 Å². The van der Waals surface area contributed by atoms with E-state index in [0.29, 0.717) is 16.7 Å². The average Bonchev–Trinajstić information content (AvgIpc) is 2.91. The summed E-state index contributed by atoms with van der Waals surface area (Å²) in [5.74, 6) is 0.921. The van der Waals surface area contributed by atoms with E-state index in [9.17, 15) is 5.11 Å². The van der Waals surface area contributed by atoms with Gasteiger partial charge in [0, 0.05) is 0 Å². The van der Waals surface area contributed by atoms with Gasteiger partial charge in [-0.3, -0.25) is 0 Å². The van der Waals surface area contributed by atoms with Gasteiger partial charge in [0.25, 0.3) is 0 Å². The van der Waals surface area contributed by atoms with Crippen molar-refractivity contribution in [1.82, 2.24) is 0 Å². The van der Waals surface area contributed by atoms with Gasteiger partial charge in [-0.15, -0.1) is 0 Å². The highest BCUT2D eigenvalue weighted by Gasteiger charge is 2.29. The van der Waals surface area contributed by atoms with Crippen molar-refractivity contribution >= 4 is 11.6 Å². The summed E-state index contributed by atoms with van der Waals surface area (Å²) in [6.45, 7) is 0. The van der Waals surface area contributed by atoms with Crippen molar-refractivity contribution in [1.29, 1.82) is 0 Å². The molecule has 1 fully saturated rings. The molecule has 0 heterocycles. The van der Waals surface area contributed by atoms with Crippen molar-refractivity contribution in [3.05, 3.63) is 28.8 Å². The molecule has 3 nitrogen and oxygen atoms in total.